The molecule has 110 valence electrons. The second kappa shape index (κ2) is 6.48. The molecule has 0 unspecified atom stereocenters. The zero-order valence-corrected chi connectivity index (χ0v) is 12.8. The number of hydrogen-bond donors (Lipinski definition) is 1. The molecule has 1 N–H and O–H groups in total. The van der Waals surface area contributed by atoms with Crippen LogP contribution in [0.1, 0.15) is 4.88 Å². The monoisotopic (exact) mass is 322 g/mol. The van der Waals surface area contributed by atoms with Crippen LogP contribution in [0.15, 0.2) is 40.1 Å². The highest BCUT2D eigenvalue weighted by Gasteiger charge is 2.10. The van der Waals surface area contributed by atoms with Crippen molar-refractivity contribution in [2.75, 3.05) is 6.61 Å². The van der Waals surface area contributed by atoms with Crippen molar-refractivity contribution in [2.24, 2.45) is 0 Å². The van der Waals surface area contributed by atoms with Crippen molar-refractivity contribution in [2.45, 2.75) is 19.3 Å². The molecule has 5 nitrogen and oxygen atoms in total. The minimum atomic E-state index is -0.736. The Morgan fingerprint density at radius 2 is 2.24 bits per heavy atom. The van der Waals surface area contributed by atoms with E-state index >= 15 is 0 Å². The van der Waals surface area contributed by atoms with Crippen LogP contribution < -0.4 is 5.56 Å². The summed E-state index contributed by atoms with van der Waals surface area (Å²) in [6.45, 7) is 0.847. The van der Waals surface area contributed by atoms with Gasteiger partial charge in [-0.2, -0.15) is 0 Å². The summed E-state index contributed by atoms with van der Waals surface area (Å²) < 4.78 is 6.88. The second-order valence-corrected chi connectivity index (χ2v) is 6.52. The zero-order chi connectivity index (χ0) is 14.7. The second-order valence-electron chi connectivity index (χ2n) is 4.59. The molecule has 0 saturated carbocycles. The van der Waals surface area contributed by atoms with Gasteiger partial charge in [-0.3, -0.25) is 9.36 Å². The topological polar surface area (TPSA) is 64.4 Å². The number of fused-ring (bicyclic) bond motifs is 1. The molecule has 0 aliphatic carbocycles. The number of nitrogens with zero attached hydrogens (tertiary/aromatic N) is 2. The van der Waals surface area contributed by atoms with E-state index in [0.29, 0.717) is 12.0 Å². The van der Waals surface area contributed by atoms with E-state index < -0.39 is 6.10 Å². The molecule has 3 aromatic rings. The molecular formula is C14H14N2O3S2. The first-order valence-electron chi connectivity index (χ1n) is 6.45. The maximum Gasteiger partial charge on any atom is 0.262 e. The Labute approximate surface area is 129 Å². The van der Waals surface area contributed by atoms with Gasteiger partial charge < -0.3 is 9.84 Å². The predicted molar refractivity (Wildman–Crippen MR) is 83.9 cm³/mol. The van der Waals surface area contributed by atoms with E-state index in [1.807, 2.05) is 22.9 Å². The van der Waals surface area contributed by atoms with E-state index in [9.17, 15) is 9.90 Å². The molecule has 3 heterocycles. The lowest BCUT2D eigenvalue weighted by atomic mass is 10.3. The van der Waals surface area contributed by atoms with Crippen molar-refractivity contribution < 1.29 is 9.84 Å². The Balaban J connectivity index is 1.59. The van der Waals surface area contributed by atoms with Gasteiger partial charge in [-0.1, -0.05) is 6.07 Å². The Morgan fingerprint density at radius 1 is 1.33 bits per heavy atom. The highest BCUT2D eigenvalue weighted by molar-refractivity contribution is 7.16. The Hall–Kier alpha value is -1.54. The summed E-state index contributed by atoms with van der Waals surface area (Å²) in [5, 5.41) is 14.4. The van der Waals surface area contributed by atoms with Crippen molar-refractivity contribution in [3.05, 3.63) is 50.5 Å². The molecular weight excluding hydrogens is 308 g/mol. The molecule has 0 aliphatic heterocycles. The summed E-state index contributed by atoms with van der Waals surface area (Å²) >= 11 is 3.04. The number of hydrogen-bond acceptors (Lipinski definition) is 6. The van der Waals surface area contributed by atoms with Gasteiger partial charge in [0.15, 0.2) is 0 Å². The van der Waals surface area contributed by atoms with Gasteiger partial charge in [-0.25, -0.2) is 4.98 Å². The van der Waals surface area contributed by atoms with E-state index in [2.05, 4.69) is 4.98 Å². The summed E-state index contributed by atoms with van der Waals surface area (Å²) in [7, 11) is 0. The molecule has 3 aromatic heterocycles. The highest BCUT2D eigenvalue weighted by Crippen LogP contribution is 2.13. The van der Waals surface area contributed by atoms with Crippen LogP contribution in [0.2, 0.25) is 0 Å². The van der Waals surface area contributed by atoms with Gasteiger partial charge >= 0.3 is 0 Å². The van der Waals surface area contributed by atoms with Gasteiger partial charge in [0.25, 0.3) is 5.56 Å². The van der Waals surface area contributed by atoms with Gasteiger partial charge in [0.05, 0.1) is 37.6 Å². The fraction of sp³-hybridized carbons (Fsp3) is 0.286. The van der Waals surface area contributed by atoms with Crippen molar-refractivity contribution in [1.29, 1.82) is 0 Å². The minimum absolute atomic E-state index is 0.126. The number of rotatable bonds is 6. The third kappa shape index (κ3) is 3.38. The van der Waals surface area contributed by atoms with Crippen molar-refractivity contribution in [1.82, 2.24) is 9.55 Å². The Bertz CT molecular complexity index is 764. The molecule has 0 spiro atoms. The molecule has 0 aliphatic rings. The molecule has 7 heteroatoms. The van der Waals surface area contributed by atoms with Crippen LogP contribution in [-0.2, 0) is 17.9 Å². The number of thiophene rings is 2. The first-order valence-corrected chi connectivity index (χ1v) is 8.21. The molecule has 0 amide bonds. The number of aliphatic hydroxyl groups excluding tert-OH is 1. The number of aromatic nitrogens is 2. The van der Waals surface area contributed by atoms with E-state index in [1.54, 1.807) is 17.4 Å². The average Bonchev–Trinajstić information content (AvgIpc) is 3.13. The fourth-order valence-corrected chi connectivity index (χ4v) is 3.36. The maximum absolute atomic E-state index is 12.2. The van der Waals surface area contributed by atoms with Crippen LogP contribution in [0, 0.1) is 0 Å². The van der Waals surface area contributed by atoms with Gasteiger partial charge in [-0.05, 0) is 22.9 Å². The summed E-state index contributed by atoms with van der Waals surface area (Å²) in [4.78, 5) is 18.2. The van der Waals surface area contributed by atoms with Gasteiger partial charge in [-0.15, -0.1) is 22.7 Å². The Kier molecular flexibility index (Phi) is 4.45. The highest BCUT2D eigenvalue weighted by atomic mass is 32.1. The molecule has 0 radical (unpaired) electrons. The average molecular weight is 322 g/mol. The lowest BCUT2D eigenvalue weighted by molar-refractivity contribution is 0.0207. The van der Waals surface area contributed by atoms with E-state index in [4.69, 9.17) is 4.74 Å². The van der Waals surface area contributed by atoms with Crippen LogP contribution >= 0.6 is 22.7 Å². The van der Waals surface area contributed by atoms with Gasteiger partial charge in [0, 0.05) is 4.88 Å². The molecule has 1 atom stereocenters. The summed E-state index contributed by atoms with van der Waals surface area (Å²) in [5.41, 5.74) is -0.126. The van der Waals surface area contributed by atoms with Crippen LogP contribution in [0.4, 0.5) is 0 Å². The van der Waals surface area contributed by atoms with Crippen LogP contribution in [0.25, 0.3) is 10.2 Å². The molecule has 0 saturated heterocycles. The van der Waals surface area contributed by atoms with Crippen molar-refractivity contribution in [3.8, 4) is 0 Å². The van der Waals surface area contributed by atoms with Crippen LogP contribution in [0.5, 0.6) is 0 Å². The maximum atomic E-state index is 12.2. The molecule has 0 bridgehead atoms. The van der Waals surface area contributed by atoms with Crippen LogP contribution in [-0.4, -0.2) is 27.4 Å². The minimum Gasteiger partial charge on any atom is -0.389 e. The predicted octanol–water partition coefficient (Wildman–Crippen LogP) is 2.10. The normalized spacial score (nSPS) is 12.8. The summed E-state index contributed by atoms with van der Waals surface area (Å²) in [5.74, 6) is 0. The SMILES string of the molecule is O=c1c2ccsc2ncn1C[C@H](O)COCc1cccs1. The standard InChI is InChI=1S/C14H14N2O3S2/c17-10(7-19-8-11-2-1-4-20-11)6-16-9-15-13-12(14(16)18)3-5-21-13/h1-5,9-10,17H,6-8H2/t10-/m0/s1. The number of aliphatic hydroxyl groups is 1. The van der Waals surface area contributed by atoms with Gasteiger partial charge in [0.2, 0.25) is 0 Å². The lowest BCUT2D eigenvalue weighted by Crippen LogP contribution is -2.29. The summed E-state index contributed by atoms with van der Waals surface area (Å²) in [6, 6.07) is 5.70. The Morgan fingerprint density at radius 3 is 3.05 bits per heavy atom. The largest absolute Gasteiger partial charge is 0.389 e. The first kappa shape index (κ1) is 14.4. The fourth-order valence-electron chi connectivity index (χ4n) is 1.99. The third-order valence-electron chi connectivity index (χ3n) is 2.99. The van der Waals surface area contributed by atoms with Crippen molar-refractivity contribution >= 4 is 32.9 Å². The van der Waals surface area contributed by atoms with Crippen LogP contribution in [0.3, 0.4) is 0 Å². The molecule has 0 fully saturated rings. The number of ether oxygens (including phenoxy) is 1. The molecule has 21 heavy (non-hydrogen) atoms. The lowest BCUT2D eigenvalue weighted by Gasteiger charge is -2.12. The van der Waals surface area contributed by atoms with Gasteiger partial charge in [0.1, 0.15) is 4.83 Å². The van der Waals surface area contributed by atoms with Crippen molar-refractivity contribution in [3.63, 3.8) is 0 Å². The third-order valence-corrected chi connectivity index (χ3v) is 4.66. The molecule has 0 aromatic carbocycles. The van der Waals surface area contributed by atoms with E-state index in [0.717, 1.165) is 9.71 Å². The van der Waals surface area contributed by atoms with E-state index in [-0.39, 0.29) is 18.7 Å². The first-order chi connectivity index (χ1) is 10.2. The van der Waals surface area contributed by atoms with E-state index in [1.165, 1.54) is 22.2 Å². The molecule has 3 rings (SSSR count). The summed E-state index contributed by atoms with van der Waals surface area (Å²) in [6.07, 6.45) is 0.740. The quantitative estimate of drug-likeness (QED) is 0.755. The smallest absolute Gasteiger partial charge is 0.262 e. The zero-order valence-electron chi connectivity index (χ0n) is 11.1.